The minimum Gasteiger partial charge on any atom is -0.497 e. The van der Waals surface area contributed by atoms with E-state index in [0.717, 1.165) is 27.9 Å². The summed E-state index contributed by atoms with van der Waals surface area (Å²) in [6.45, 7) is 0. The van der Waals surface area contributed by atoms with Crippen LogP contribution in [0.15, 0.2) is 59.8 Å². The first-order valence-corrected chi connectivity index (χ1v) is 7.47. The summed E-state index contributed by atoms with van der Waals surface area (Å²) in [7, 11) is 1.63. The lowest BCUT2D eigenvalue weighted by Gasteiger charge is -2.07. The maximum atomic E-state index is 5.21. The number of benzene rings is 2. The molecule has 0 radical (unpaired) electrons. The number of hydrogen-bond acceptors (Lipinski definition) is 3. The van der Waals surface area contributed by atoms with Crippen molar-refractivity contribution in [1.29, 1.82) is 0 Å². The van der Waals surface area contributed by atoms with E-state index in [-0.39, 0.29) is 0 Å². The van der Waals surface area contributed by atoms with E-state index in [0.29, 0.717) is 5.11 Å². The maximum Gasteiger partial charge on any atom is 0.191 e. The van der Waals surface area contributed by atoms with Gasteiger partial charge < -0.3 is 15.0 Å². The number of rotatable bonds is 4. The van der Waals surface area contributed by atoms with Crippen molar-refractivity contribution in [2.24, 2.45) is 5.10 Å². The molecule has 0 aliphatic carbocycles. The molecule has 0 saturated heterocycles. The van der Waals surface area contributed by atoms with Crippen LogP contribution in [0, 0.1) is 0 Å². The molecule has 116 valence electrons. The highest BCUT2D eigenvalue weighted by atomic mass is 32.1. The molecule has 0 bridgehead atoms. The average molecular weight is 324 g/mol. The molecule has 1 aromatic heterocycles. The normalized spacial score (nSPS) is 10.8. The molecule has 3 rings (SSSR count). The first-order chi connectivity index (χ1) is 11.3. The molecule has 0 aliphatic heterocycles. The minimum atomic E-state index is 0.422. The summed E-state index contributed by atoms with van der Waals surface area (Å²) in [5, 5.41) is 8.76. The lowest BCUT2D eigenvalue weighted by molar-refractivity contribution is 0.415. The number of hydrogen-bond donors (Lipinski definition) is 3. The van der Waals surface area contributed by atoms with Crippen molar-refractivity contribution < 1.29 is 4.74 Å². The van der Waals surface area contributed by atoms with E-state index in [2.05, 4.69) is 20.8 Å². The van der Waals surface area contributed by atoms with Crippen LogP contribution in [-0.4, -0.2) is 23.4 Å². The SMILES string of the molecule is COc1ccc(NC(=S)N/N=C/c2c[nH]c3ccccc23)cc1. The van der Waals surface area contributed by atoms with Crippen LogP contribution < -0.4 is 15.5 Å². The fraction of sp³-hybridized carbons (Fsp3) is 0.0588. The van der Waals surface area contributed by atoms with Crippen molar-refractivity contribution in [2.45, 2.75) is 0 Å². The molecule has 0 aliphatic rings. The Morgan fingerprint density at radius 1 is 1.17 bits per heavy atom. The van der Waals surface area contributed by atoms with Crippen LogP contribution in [0.25, 0.3) is 10.9 Å². The zero-order valence-corrected chi connectivity index (χ0v) is 13.4. The molecule has 5 nitrogen and oxygen atoms in total. The molecule has 0 fully saturated rings. The standard InChI is InChI=1S/C17H16N4OS/c1-22-14-8-6-13(7-9-14)20-17(23)21-19-11-12-10-18-16-5-3-2-4-15(12)16/h2-11,18H,1H3,(H2,20,21,23)/b19-11+. The number of anilines is 1. The number of H-pyrrole nitrogens is 1. The number of para-hydroxylation sites is 1. The Labute approximate surface area is 139 Å². The van der Waals surface area contributed by atoms with E-state index in [1.165, 1.54) is 0 Å². The van der Waals surface area contributed by atoms with Crippen molar-refractivity contribution in [1.82, 2.24) is 10.4 Å². The highest BCUT2D eigenvalue weighted by molar-refractivity contribution is 7.80. The van der Waals surface area contributed by atoms with Crippen molar-refractivity contribution >= 4 is 40.1 Å². The molecule has 0 atom stereocenters. The molecule has 3 N–H and O–H groups in total. The molecule has 1 heterocycles. The molecule has 0 unspecified atom stereocenters. The van der Waals surface area contributed by atoms with E-state index in [1.54, 1.807) is 13.3 Å². The second-order valence-electron chi connectivity index (χ2n) is 4.84. The Hall–Kier alpha value is -2.86. The van der Waals surface area contributed by atoms with Gasteiger partial charge in [0.15, 0.2) is 5.11 Å². The van der Waals surface area contributed by atoms with Crippen molar-refractivity contribution in [3.63, 3.8) is 0 Å². The molecule has 23 heavy (non-hydrogen) atoms. The van der Waals surface area contributed by atoms with Gasteiger partial charge in [0.25, 0.3) is 0 Å². The Balaban J connectivity index is 1.59. The summed E-state index contributed by atoms with van der Waals surface area (Å²) >= 11 is 5.21. The summed E-state index contributed by atoms with van der Waals surface area (Å²) < 4.78 is 5.11. The van der Waals surface area contributed by atoms with Gasteiger partial charge in [-0.3, -0.25) is 5.43 Å². The fourth-order valence-corrected chi connectivity index (χ4v) is 2.37. The molecule has 0 spiro atoms. The number of nitrogens with zero attached hydrogens (tertiary/aromatic N) is 1. The molecular weight excluding hydrogens is 308 g/mol. The van der Waals surface area contributed by atoms with Crippen molar-refractivity contribution in [3.05, 3.63) is 60.3 Å². The number of fused-ring (bicyclic) bond motifs is 1. The Morgan fingerprint density at radius 3 is 2.74 bits per heavy atom. The largest absolute Gasteiger partial charge is 0.497 e. The predicted octanol–water partition coefficient (Wildman–Crippen LogP) is 3.50. The first kappa shape index (κ1) is 15.1. The molecular formula is C17H16N4OS. The quantitative estimate of drug-likeness (QED) is 0.390. The van der Waals surface area contributed by atoms with Gasteiger partial charge in [0.05, 0.1) is 13.3 Å². The zero-order valence-electron chi connectivity index (χ0n) is 12.5. The summed E-state index contributed by atoms with van der Waals surface area (Å²) in [6, 6.07) is 15.5. The average Bonchev–Trinajstić information content (AvgIpc) is 2.99. The lowest BCUT2D eigenvalue weighted by atomic mass is 10.2. The number of aromatic amines is 1. The van der Waals surface area contributed by atoms with E-state index in [1.807, 2.05) is 54.7 Å². The predicted molar refractivity (Wildman–Crippen MR) is 98.2 cm³/mol. The number of ether oxygens (including phenoxy) is 1. The molecule has 3 aromatic rings. The van der Waals surface area contributed by atoms with Crippen LogP contribution >= 0.6 is 12.2 Å². The van der Waals surface area contributed by atoms with Crippen LogP contribution in [0.5, 0.6) is 5.75 Å². The smallest absolute Gasteiger partial charge is 0.191 e. The zero-order chi connectivity index (χ0) is 16.1. The third-order valence-electron chi connectivity index (χ3n) is 3.34. The Morgan fingerprint density at radius 2 is 1.96 bits per heavy atom. The fourth-order valence-electron chi connectivity index (χ4n) is 2.19. The van der Waals surface area contributed by atoms with Crippen LogP contribution in [0.4, 0.5) is 5.69 Å². The van der Waals surface area contributed by atoms with Crippen LogP contribution in [0.1, 0.15) is 5.56 Å². The van der Waals surface area contributed by atoms with E-state index in [4.69, 9.17) is 17.0 Å². The topological polar surface area (TPSA) is 61.4 Å². The molecule has 2 aromatic carbocycles. The second kappa shape index (κ2) is 6.93. The second-order valence-corrected chi connectivity index (χ2v) is 5.25. The Kier molecular flexibility index (Phi) is 4.54. The number of methoxy groups -OCH3 is 1. The summed E-state index contributed by atoms with van der Waals surface area (Å²) in [5.41, 5.74) is 5.75. The number of thiocarbonyl (C=S) groups is 1. The van der Waals surface area contributed by atoms with Gasteiger partial charge in [-0.05, 0) is 42.5 Å². The van der Waals surface area contributed by atoms with Crippen molar-refractivity contribution in [2.75, 3.05) is 12.4 Å². The van der Waals surface area contributed by atoms with Gasteiger partial charge >= 0.3 is 0 Å². The van der Waals surface area contributed by atoms with Gasteiger partial charge in [-0.1, -0.05) is 18.2 Å². The third-order valence-corrected chi connectivity index (χ3v) is 3.53. The van der Waals surface area contributed by atoms with Gasteiger partial charge in [-0.25, -0.2) is 0 Å². The Bertz CT molecular complexity index is 839. The summed E-state index contributed by atoms with van der Waals surface area (Å²) in [4.78, 5) is 3.20. The molecule has 0 saturated carbocycles. The number of nitrogens with one attached hydrogen (secondary N) is 3. The highest BCUT2D eigenvalue weighted by Gasteiger charge is 2.00. The van der Waals surface area contributed by atoms with Crippen LogP contribution in [0.3, 0.4) is 0 Å². The van der Waals surface area contributed by atoms with Gasteiger partial charge in [-0.15, -0.1) is 0 Å². The third kappa shape index (κ3) is 3.67. The highest BCUT2D eigenvalue weighted by Crippen LogP contribution is 2.16. The molecule has 6 heteroatoms. The van der Waals surface area contributed by atoms with Crippen LogP contribution in [-0.2, 0) is 0 Å². The summed E-state index contributed by atoms with van der Waals surface area (Å²) in [5.74, 6) is 0.798. The summed E-state index contributed by atoms with van der Waals surface area (Å²) in [6.07, 6.45) is 3.65. The maximum absolute atomic E-state index is 5.21. The van der Waals surface area contributed by atoms with Crippen LogP contribution in [0.2, 0.25) is 0 Å². The van der Waals surface area contributed by atoms with Gasteiger partial charge in [0, 0.05) is 28.4 Å². The monoisotopic (exact) mass is 324 g/mol. The van der Waals surface area contributed by atoms with Crippen molar-refractivity contribution in [3.8, 4) is 5.75 Å². The van der Waals surface area contributed by atoms with Gasteiger partial charge in [0.1, 0.15) is 5.75 Å². The molecule has 0 amide bonds. The minimum absolute atomic E-state index is 0.422. The van der Waals surface area contributed by atoms with E-state index < -0.39 is 0 Å². The van der Waals surface area contributed by atoms with E-state index in [9.17, 15) is 0 Å². The van der Waals surface area contributed by atoms with Gasteiger partial charge in [0.2, 0.25) is 0 Å². The number of aromatic nitrogens is 1. The lowest BCUT2D eigenvalue weighted by Crippen LogP contribution is -2.23. The van der Waals surface area contributed by atoms with E-state index >= 15 is 0 Å². The number of hydrazone groups is 1. The first-order valence-electron chi connectivity index (χ1n) is 7.06. The van der Waals surface area contributed by atoms with Gasteiger partial charge in [-0.2, -0.15) is 5.10 Å².